The number of para-hydroxylation sites is 1. The molecule has 0 amide bonds. The molecule has 1 aliphatic rings. The van der Waals surface area contributed by atoms with Gasteiger partial charge in [0.05, 0.1) is 17.1 Å². The molecule has 0 aliphatic carbocycles. The Balaban J connectivity index is 1.98. The molecular formula is C14H15F3N4. The van der Waals surface area contributed by atoms with Gasteiger partial charge in [0.2, 0.25) is 0 Å². The molecule has 0 unspecified atom stereocenters. The van der Waals surface area contributed by atoms with Crippen molar-refractivity contribution in [3.63, 3.8) is 0 Å². The minimum absolute atomic E-state index is 0.0313. The number of nitrogens with two attached hydrogens (primary N) is 1. The van der Waals surface area contributed by atoms with E-state index in [1.54, 1.807) is 29.3 Å². The summed E-state index contributed by atoms with van der Waals surface area (Å²) >= 11 is 0. The fourth-order valence-corrected chi connectivity index (χ4v) is 2.80. The van der Waals surface area contributed by atoms with Gasteiger partial charge in [-0.2, -0.15) is 13.2 Å². The Labute approximate surface area is 119 Å². The van der Waals surface area contributed by atoms with Gasteiger partial charge >= 0.3 is 6.18 Å². The Hall–Kier alpha value is -1.89. The molecule has 1 aliphatic heterocycles. The molecular weight excluding hydrogens is 281 g/mol. The maximum atomic E-state index is 13.0. The molecule has 4 nitrogen and oxygen atoms in total. The largest absolute Gasteiger partial charge is 0.393 e. The monoisotopic (exact) mass is 296 g/mol. The first-order valence-corrected chi connectivity index (χ1v) is 6.72. The van der Waals surface area contributed by atoms with Crippen LogP contribution in [0.1, 0.15) is 6.42 Å². The lowest BCUT2D eigenvalue weighted by atomic mass is 9.93. The van der Waals surface area contributed by atoms with Gasteiger partial charge in [0.15, 0.2) is 0 Å². The zero-order chi connectivity index (χ0) is 15.0. The number of benzene rings is 1. The zero-order valence-corrected chi connectivity index (χ0v) is 11.2. The molecule has 21 heavy (non-hydrogen) atoms. The fraction of sp³-hybridized carbons (Fsp3) is 0.429. The molecule has 1 fully saturated rings. The van der Waals surface area contributed by atoms with Gasteiger partial charge in [-0.25, -0.2) is 0 Å². The van der Waals surface area contributed by atoms with Gasteiger partial charge in [0.1, 0.15) is 5.52 Å². The number of hydrogen-bond acceptors (Lipinski definition) is 4. The predicted octanol–water partition coefficient (Wildman–Crippen LogP) is 2.35. The van der Waals surface area contributed by atoms with Crippen LogP contribution in [0.15, 0.2) is 30.6 Å². The number of aromatic nitrogens is 2. The van der Waals surface area contributed by atoms with Crippen molar-refractivity contribution in [2.75, 3.05) is 18.0 Å². The van der Waals surface area contributed by atoms with E-state index in [9.17, 15) is 13.2 Å². The zero-order valence-electron chi connectivity index (χ0n) is 11.2. The van der Waals surface area contributed by atoms with Gasteiger partial charge in [-0.05, 0) is 18.6 Å². The standard InChI is InChI=1S/C14H15F3N4/c15-14(16,17)9-6-10(18)8-21(7-9)12-3-1-2-11-13(12)20-5-4-19-11/h1-5,9-10H,6-8,18H2/t9-,10+/m1/s1. The summed E-state index contributed by atoms with van der Waals surface area (Å²) in [6.07, 6.45) is -1.16. The number of rotatable bonds is 1. The number of halogens is 3. The summed E-state index contributed by atoms with van der Waals surface area (Å²) in [5.41, 5.74) is 7.74. The summed E-state index contributed by atoms with van der Waals surface area (Å²) in [6.45, 7) is 0.301. The van der Waals surface area contributed by atoms with E-state index in [0.717, 1.165) is 0 Å². The molecule has 2 heterocycles. The van der Waals surface area contributed by atoms with E-state index in [4.69, 9.17) is 5.73 Å². The number of hydrogen-bond donors (Lipinski definition) is 1. The van der Waals surface area contributed by atoms with Crippen molar-refractivity contribution in [1.82, 2.24) is 9.97 Å². The number of nitrogens with zero attached hydrogens (tertiary/aromatic N) is 3. The minimum atomic E-state index is -4.23. The van der Waals surface area contributed by atoms with E-state index in [1.807, 2.05) is 0 Å². The lowest BCUT2D eigenvalue weighted by Crippen LogP contribution is -2.51. The molecule has 3 rings (SSSR count). The molecule has 0 saturated carbocycles. The molecule has 0 radical (unpaired) electrons. The summed E-state index contributed by atoms with van der Waals surface area (Å²) in [6, 6.07) is 4.83. The Morgan fingerprint density at radius 2 is 1.90 bits per heavy atom. The summed E-state index contributed by atoms with van der Waals surface area (Å²) in [5.74, 6) is -1.41. The third-order valence-electron chi connectivity index (χ3n) is 3.76. The average molecular weight is 296 g/mol. The van der Waals surface area contributed by atoms with E-state index in [0.29, 0.717) is 23.3 Å². The van der Waals surface area contributed by atoms with Crippen molar-refractivity contribution >= 4 is 16.7 Å². The highest BCUT2D eigenvalue weighted by Crippen LogP contribution is 2.35. The number of fused-ring (bicyclic) bond motifs is 1. The van der Waals surface area contributed by atoms with E-state index < -0.39 is 18.1 Å². The molecule has 1 aromatic carbocycles. The highest BCUT2D eigenvalue weighted by atomic mass is 19.4. The second-order valence-corrected chi connectivity index (χ2v) is 5.34. The van der Waals surface area contributed by atoms with E-state index >= 15 is 0 Å². The predicted molar refractivity (Wildman–Crippen MR) is 73.9 cm³/mol. The van der Waals surface area contributed by atoms with Gasteiger partial charge in [-0.15, -0.1) is 0 Å². The fourth-order valence-electron chi connectivity index (χ4n) is 2.80. The highest BCUT2D eigenvalue weighted by molar-refractivity contribution is 5.88. The minimum Gasteiger partial charge on any atom is -0.368 e. The smallest absolute Gasteiger partial charge is 0.368 e. The molecule has 7 heteroatoms. The molecule has 2 aromatic rings. The van der Waals surface area contributed by atoms with Crippen molar-refractivity contribution in [3.8, 4) is 0 Å². The molecule has 0 spiro atoms. The normalized spacial score (nSPS) is 23.5. The van der Waals surface area contributed by atoms with Crippen LogP contribution in [0.25, 0.3) is 11.0 Å². The first-order chi connectivity index (χ1) is 9.95. The second-order valence-electron chi connectivity index (χ2n) is 5.34. The second kappa shape index (κ2) is 5.14. The van der Waals surface area contributed by atoms with Gasteiger partial charge in [0.25, 0.3) is 0 Å². The van der Waals surface area contributed by atoms with Gasteiger partial charge < -0.3 is 10.6 Å². The van der Waals surface area contributed by atoms with Crippen LogP contribution in [0.4, 0.5) is 18.9 Å². The third kappa shape index (κ3) is 2.78. The summed E-state index contributed by atoms with van der Waals surface area (Å²) < 4.78 is 39.0. The average Bonchev–Trinajstić information content (AvgIpc) is 2.45. The van der Waals surface area contributed by atoms with Gasteiger partial charge in [-0.1, -0.05) is 6.07 Å². The molecule has 2 N–H and O–H groups in total. The SMILES string of the molecule is N[C@H]1C[C@@H](C(F)(F)F)CN(c2cccc3nccnc23)C1. The molecule has 1 aromatic heterocycles. The van der Waals surface area contributed by atoms with Gasteiger partial charge in [-0.3, -0.25) is 9.97 Å². The molecule has 2 atom stereocenters. The molecule has 1 saturated heterocycles. The van der Waals surface area contributed by atoms with Crippen LogP contribution in [0.3, 0.4) is 0 Å². The van der Waals surface area contributed by atoms with Crippen molar-refractivity contribution in [1.29, 1.82) is 0 Å². The highest BCUT2D eigenvalue weighted by Gasteiger charge is 2.44. The van der Waals surface area contributed by atoms with Crippen LogP contribution in [0.2, 0.25) is 0 Å². The van der Waals surface area contributed by atoms with Gasteiger partial charge in [0, 0.05) is 31.5 Å². The Kier molecular flexibility index (Phi) is 3.44. The van der Waals surface area contributed by atoms with Crippen molar-refractivity contribution < 1.29 is 13.2 Å². The Bertz CT molecular complexity index is 638. The van der Waals surface area contributed by atoms with Crippen LogP contribution in [0, 0.1) is 5.92 Å². The van der Waals surface area contributed by atoms with E-state index in [1.165, 1.54) is 6.20 Å². The van der Waals surface area contributed by atoms with Crippen molar-refractivity contribution in [3.05, 3.63) is 30.6 Å². The Morgan fingerprint density at radius 3 is 2.67 bits per heavy atom. The molecule has 112 valence electrons. The van der Waals surface area contributed by atoms with Crippen molar-refractivity contribution in [2.45, 2.75) is 18.6 Å². The maximum Gasteiger partial charge on any atom is 0.393 e. The van der Waals surface area contributed by atoms with E-state index in [2.05, 4.69) is 9.97 Å². The lowest BCUT2D eigenvalue weighted by molar-refractivity contribution is -0.177. The number of alkyl halides is 3. The maximum absolute atomic E-state index is 13.0. The summed E-state index contributed by atoms with van der Waals surface area (Å²) in [5, 5.41) is 0. The van der Waals surface area contributed by atoms with Crippen LogP contribution < -0.4 is 10.6 Å². The number of anilines is 1. The van der Waals surface area contributed by atoms with Crippen LogP contribution in [-0.2, 0) is 0 Å². The van der Waals surface area contributed by atoms with Crippen LogP contribution >= 0.6 is 0 Å². The summed E-state index contributed by atoms with van der Waals surface area (Å²) in [4.78, 5) is 10.1. The Morgan fingerprint density at radius 1 is 1.14 bits per heavy atom. The third-order valence-corrected chi connectivity index (χ3v) is 3.76. The quantitative estimate of drug-likeness (QED) is 0.877. The van der Waals surface area contributed by atoms with Crippen LogP contribution in [-0.4, -0.2) is 35.3 Å². The topological polar surface area (TPSA) is 55.0 Å². The number of piperidine rings is 1. The summed E-state index contributed by atoms with van der Waals surface area (Å²) in [7, 11) is 0. The first-order valence-electron chi connectivity index (χ1n) is 6.72. The van der Waals surface area contributed by atoms with E-state index in [-0.39, 0.29) is 13.0 Å². The first kappa shape index (κ1) is 14.1. The van der Waals surface area contributed by atoms with Crippen molar-refractivity contribution in [2.24, 2.45) is 11.7 Å². The van der Waals surface area contributed by atoms with Crippen LogP contribution in [0.5, 0.6) is 0 Å². The lowest BCUT2D eigenvalue weighted by Gasteiger charge is -2.38. The molecule has 0 bridgehead atoms.